The van der Waals surface area contributed by atoms with Crippen LogP contribution in [0.15, 0.2) is 0 Å². The summed E-state index contributed by atoms with van der Waals surface area (Å²) in [6.07, 6.45) is 5.70. The molecule has 4 bridgehead atoms. The minimum absolute atomic E-state index is 0.598. The second-order valence-electron chi connectivity index (χ2n) is 8.40. The Morgan fingerprint density at radius 3 is 2.24 bits per heavy atom. The number of hydrogen-bond acceptors (Lipinski definition) is 2. The molecule has 2 atom stereocenters. The van der Waals surface area contributed by atoms with Gasteiger partial charge < -0.3 is 4.90 Å². The Morgan fingerprint density at radius 1 is 0.905 bits per heavy atom. The monoisotopic (exact) mass is 282 g/mol. The van der Waals surface area contributed by atoms with Crippen molar-refractivity contribution >= 4 is 0 Å². The molecule has 2 heteroatoms. The molecule has 0 N–H and O–H groups in total. The minimum Gasteiger partial charge on any atom is -0.302 e. The first-order chi connectivity index (χ1) is 10.1. The molecule has 1 aromatic rings. The van der Waals surface area contributed by atoms with Crippen molar-refractivity contribution in [1.29, 1.82) is 0 Å². The van der Waals surface area contributed by atoms with Crippen LogP contribution in [-0.4, -0.2) is 29.5 Å². The van der Waals surface area contributed by atoms with E-state index >= 15 is 0 Å². The molecule has 2 aliphatic carbocycles. The van der Waals surface area contributed by atoms with Crippen LogP contribution in [0.5, 0.6) is 0 Å². The average Bonchev–Trinajstić information content (AvgIpc) is 2.84. The molecular formula is C19H26N2. The summed E-state index contributed by atoms with van der Waals surface area (Å²) < 4.78 is 0. The largest absolute Gasteiger partial charge is 0.302 e. The van der Waals surface area contributed by atoms with Crippen molar-refractivity contribution < 1.29 is 0 Å². The minimum atomic E-state index is 0.598. The van der Waals surface area contributed by atoms with Gasteiger partial charge >= 0.3 is 0 Å². The van der Waals surface area contributed by atoms with Crippen LogP contribution in [0.4, 0.5) is 0 Å². The predicted molar refractivity (Wildman–Crippen MR) is 84.4 cm³/mol. The fourth-order valence-electron chi connectivity index (χ4n) is 6.42. The Morgan fingerprint density at radius 2 is 1.57 bits per heavy atom. The average molecular weight is 282 g/mol. The van der Waals surface area contributed by atoms with E-state index in [4.69, 9.17) is 4.98 Å². The van der Waals surface area contributed by atoms with E-state index in [-0.39, 0.29) is 0 Å². The highest BCUT2D eigenvalue weighted by molar-refractivity contribution is 5.45. The van der Waals surface area contributed by atoms with Gasteiger partial charge in [0.1, 0.15) is 0 Å². The second-order valence-corrected chi connectivity index (χ2v) is 8.40. The quantitative estimate of drug-likeness (QED) is 0.727. The zero-order valence-electron chi connectivity index (χ0n) is 13.6. The van der Waals surface area contributed by atoms with Crippen LogP contribution in [0.3, 0.4) is 0 Å². The van der Waals surface area contributed by atoms with E-state index in [2.05, 4.69) is 25.7 Å². The Hall–Kier alpha value is -0.890. The Kier molecular flexibility index (Phi) is 2.34. The summed E-state index contributed by atoms with van der Waals surface area (Å²) >= 11 is 0. The topological polar surface area (TPSA) is 16.1 Å². The lowest BCUT2D eigenvalue weighted by Crippen LogP contribution is -2.63. The summed E-state index contributed by atoms with van der Waals surface area (Å²) in [6, 6.07) is 0. The first-order valence-corrected chi connectivity index (χ1v) is 8.75. The van der Waals surface area contributed by atoms with Crippen LogP contribution in [0.1, 0.15) is 40.9 Å². The molecule has 3 aliphatic heterocycles. The molecule has 0 radical (unpaired) electrons. The molecule has 1 spiro atoms. The summed E-state index contributed by atoms with van der Waals surface area (Å²) in [6.45, 7) is 10.9. The van der Waals surface area contributed by atoms with E-state index in [0.717, 1.165) is 17.8 Å². The molecule has 21 heavy (non-hydrogen) atoms. The highest BCUT2D eigenvalue weighted by Gasteiger charge is 2.58. The van der Waals surface area contributed by atoms with Crippen molar-refractivity contribution in [2.75, 3.05) is 19.6 Å². The standard InChI is InChI=1S/C19H26N2/c1-11-12(2)20-13(3)18-7-19(6-17(11)18)15-4-14-5-16(19)10-21(8-14)9-15/h14-16H,4-10H2,1-3H3. The first kappa shape index (κ1) is 12.6. The van der Waals surface area contributed by atoms with Crippen LogP contribution < -0.4 is 0 Å². The molecule has 4 heterocycles. The molecule has 2 nitrogen and oxygen atoms in total. The first-order valence-electron chi connectivity index (χ1n) is 8.75. The fraction of sp³-hybridized carbons (Fsp3) is 0.737. The SMILES string of the molecule is Cc1nc(C)c2c(c1C)CC1(C2)C2CC3CC1CN(C3)C2. The molecule has 0 aromatic carbocycles. The summed E-state index contributed by atoms with van der Waals surface area (Å²) in [7, 11) is 0. The smallest absolute Gasteiger partial charge is 0.0410 e. The Balaban J connectivity index is 1.61. The van der Waals surface area contributed by atoms with Gasteiger partial charge in [-0.3, -0.25) is 4.98 Å². The molecule has 0 amide bonds. The molecule has 2 unspecified atom stereocenters. The van der Waals surface area contributed by atoms with Gasteiger partial charge in [-0.1, -0.05) is 0 Å². The molecular weight excluding hydrogens is 256 g/mol. The zero-order valence-corrected chi connectivity index (χ0v) is 13.6. The molecule has 3 saturated heterocycles. The summed E-state index contributed by atoms with van der Waals surface area (Å²) in [5.74, 6) is 2.92. The van der Waals surface area contributed by atoms with Gasteiger partial charge in [0.15, 0.2) is 0 Å². The van der Waals surface area contributed by atoms with Crippen molar-refractivity contribution in [3.63, 3.8) is 0 Å². The molecule has 1 saturated carbocycles. The van der Waals surface area contributed by atoms with Gasteiger partial charge in [0.2, 0.25) is 0 Å². The summed E-state index contributed by atoms with van der Waals surface area (Å²) in [4.78, 5) is 7.60. The maximum atomic E-state index is 4.83. The number of aryl methyl sites for hydroxylation is 2. The van der Waals surface area contributed by atoms with Crippen LogP contribution >= 0.6 is 0 Å². The van der Waals surface area contributed by atoms with Crippen molar-refractivity contribution in [3.05, 3.63) is 28.1 Å². The van der Waals surface area contributed by atoms with Gasteiger partial charge in [0.25, 0.3) is 0 Å². The van der Waals surface area contributed by atoms with E-state index in [1.807, 2.05) is 0 Å². The number of nitrogens with zero attached hydrogens (tertiary/aromatic N) is 2. The van der Waals surface area contributed by atoms with Crippen molar-refractivity contribution in [1.82, 2.24) is 9.88 Å². The molecule has 5 aliphatic rings. The van der Waals surface area contributed by atoms with Gasteiger partial charge in [-0.15, -0.1) is 0 Å². The summed E-state index contributed by atoms with van der Waals surface area (Å²) in [5.41, 5.74) is 7.97. The second kappa shape index (κ2) is 3.90. The van der Waals surface area contributed by atoms with Gasteiger partial charge in [0.05, 0.1) is 0 Å². The van der Waals surface area contributed by atoms with E-state index in [1.54, 1.807) is 11.1 Å². The van der Waals surface area contributed by atoms with Crippen LogP contribution in [0.25, 0.3) is 0 Å². The maximum absolute atomic E-state index is 4.83. The highest BCUT2D eigenvalue weighted by atomic mass is 15.2. The molecule has 4 fully saturated rings. The molecule has 1 aromatic heterocycles. The maximum Gasteiger partial charge on any atom is 0.0410 e. The van der Waals surface area contributed by atoms with Crippen molar-refractivity contribution in [2.24, 2.45) is 23.2 Å². The third-order valence-electron chi connectivity index (χ3n) is 7.48. The number of aromatic nitrogens is 1. The molecule has 112 valence electrons. The van der Waals surface area contributed by atoms with Gasteiger partial charge in [-0.05, 0) is 86.3 Å². The van der Waals surface area contributed by atoms with E-state index in [1.165, 1.54) is 62.3 Å². The lowest BCUT2D eigenvalue weighted by atomic mass is 9.52. The number of rotatable bonds is 0. The van der Waals surface area contributed by atoms with Crippen molar-refractivity contribution in [2.45, 2.75) is 46.5 Å². The number of fused-ring (bicyclic) bond motifs is 1. The van der Waals surface area contributed by atoms with Crippen LogP contribution in [0.2, 0.25) is 0 Å². The van der Waals surface area contributed by atoms with E-state index in [9.17, 15) is 0 Å². The number of hydrogen-bond donors (Lipinski definition) is 0. The third kappa shape index (κ3) is 1.50. The van der Waals surface area contributed by atoms with Crippen LogP contribution in [0, 0.1) is 43.9 Å². The van der Waals surface area contributed by atoms with Gasteiger partial charge in [-0.2, -0.15) is 0 Å². The number of piperidine rings is 3. The van der Waals surface area contributed by atoms with Crippen molar-refractivity contribution in [3.8, 4) is 0 Å². The highest BCUT2D eigenvalue weighted by Crippen LogP contribution is 2.60. The van der Waals surface area contributed by atoms with Gasteiger partial charge in [-0.25, -0.2) is 0 Å². The zero-order chi connectivity index (χ0) is 14.4. The lowest BCUT2D eigenvalue weighted by Gasteiger charge is -2.61. The molecule has 6 rings (SSSR count). The Bertz CT molecular complexity index is 603. The Labute approximate surface area is 127 Å². The van der Waals surface area contributed by atoms with E-state index in [0.29, 0.717) is 5.41 Å². The van der Waals surface area contributed by atoms with Gasteiger partial charge in [0, 0.05) is 31.0 Å². The summed E-state index contributed by atoms with van der Waals surface area (Å²) in [5, 5.41) is 0. The predicted octanol–water partition coefficient (Wildman–Crippen LogP) is 3.06. The third-order valence-corrected chi connectivity index (χ3v) is 7.48. The normalized spacial score (nSPS) is 42.8. The van der Waals surface area contributed by atoms with E-state index < -0.39 is 0 Å². The lowest BCUT2D eigenvalue weighted by molar-refractivity contribution is -0.122. The fourth-order valence-corrected chi connectivity index (χ4v) is 6.42. The van der Waals surface area contributed by atoms with Crippen LogP contribution in [-0.2, 0) is 12.8 Å². The number of pyridine rings is 1.